The molecule has 128 valence electrons. The summed E-state index contributed by atoms with van der Waals surface area (Å²) in [5.74, 6) is -0.232. The van der Waals surface area contributed by atoms with Crippen LogP contribution in [0.25, 0.3) is 11.5 Å². The lowest BCUT2D eigenvalue weighted by atomic mass is 10.2. The molecule has 0 radical (unpaired) electrons. The van der Waals surface area contributed by atoms with E-state index >= 15 is 0 Å². The maximum atomic E-state index is 12.1. The van der Waals surface area contributed by atoms with Gasteiger partial charge < -0.3 is 13.9 Å². The van der Waals surface area contributed by atoms with Crippen molar-refractivity contribution in [3.8, 4) is 17.2 Å². The van der Waals surface area contributed by atoms with Crippen molar-refractivity contribution in [3.05, 3.63) is 66.1 Å². The molecule has 0 bridgehead atoms. The molecule has 0 atom stereocenters. The molecule has 6 nitrogen and oxygen atoms in total. The number of benzene rings is 2. The Morgan fingerprint density at radius 1 is 1.04 bits per heavy atom. The molecular formula is C17H12F2N2O4. The van der Waals surface area contributed by atoms with E-state index in [1.54, 1.807) is 0 Å². The van der Waals surface area contributed by atoms with Crippen molar-refractivity contribution in [2.24, 2.45) is 0 Å². The maximum Gasteiger partial charge on any atom is 0.387 e. The van der Waals surface area contributed by atoms with Gasteiger partial charge in [0.1, 0.15) is 5.75 Å². The molecule has 0 saturated carbocycles. The van der Waals surface area contributed by atoms with Crippen LogP contribution < -0.4 is 4.74 Å². The molecule has 2 aromatic carbocycles. The normalized spacial score (nSPS) is 10.7. The molecule has 8 heteroatoms. The van der Waals surface area contributed by atoms with Crippen LogP contribution in [-0.4, -0.2) is 22.8 Å². The molecule has 0 spiro atoms. The summed E-state index contributed by atoms with van der Waals surface area (Å²) in [7, 11) is 0. The highest BCUT2D eigenvalue weighted by Crippen LogP contribution is 2.18. The minimum atomic E-state index is -2.92. The van der Waals surface area contributed by atoms with E-state index in [-0.39, 0.29) is 23.8 Å². The largest absolute Gasteiger partial charge is 0.452 e. The fraction of sp³-hybridized carbons (Fsp3) is 0.118. The zero-order valence-corrected chi connectivity index (χ0v) is 12.8. The number of ether oxygens (including phenoxy) is 2. The van der Waals surface area contributed by atoms with E-state index in [9.17, 15) is 13.6 Å². The molecule has 0 aliphatic carbocycles. The van der Waals surface area contributed by atoms with Crippen LogP contribution in [0.4, 0.5) is 8.78 Å². The average Bonchev–Trinajstić information content (AvgIpc) is 3.10. The summed E-state index contributed by atoms with van der Waals surface area (Å²) in [6, 6.07) is 14.3. The van der Waals surface area contributed by atoms with Crippen molar-refractivity contribution in [2.45, 2.75) is 13.2 Å². The summed E-state index contributed by atoms with van der Waals surface area (Å²) in [5.41, 5.74) is 0.937. The van der Waals surface area contributed by atoms with Crippen molar-refractivity contribution < 1.29 is 27.5 Å². The summed E-state index contributed by atoms with van der Waals surface area (Å²) in [4.78, 5) is 11.9. The highest BCUT2D eigenvalue weighted by atomic mass is 19.3. The Morgan fingerprint density at radius 2 is 1.76 bits per heavy atom. The topological polar surface area (TPSA) is 74.5 Å². The molecule has 0 saturated heterocycles. The number of aromatic nitrogens is 2. The predicted molar refractivity (Wildman–Crippen MR) is 81.9 cm³/mol. The summed E-state index contributed by atoms with van der Waals surface area (Å²) in [6.45, 7) is -3.12. The standard InChI is InChI=1S/C17H12F2N2O4/c18-17(19)24-13-8-6-12(7-9-13)16(22)23-10-14-20-21-15(25-14)11-4-2-1-3-5-11/h1-9,17H,10H2. The second-order valence-corrected chi connectivity index (χ2v) is 4.85. The lowest BCUT2D eigenvalue weighted by Gasteiger charge is -2.05. The van der Waals surface area contributed by atoms with Crippen molar-refractivity contribution >= 4 is 5.97 Å². The first-order chi connectivity index (χ1) is 12.1. The summed E-state index contributed by atoms with van der Waals surface area (Å²) in [5, 5.41) is 7.69. The number of rotatable bonds is 6. The number of hydrogen-bond acceptors (Lipinski definition) is 6. The summed E-state index contributed by atoms with van der Waals surface area (Å²) in [6.07, 6.45) is 0. The van der Waals surface area contributed by atoms with E-state index in [4.69, 9.17) is 9.15 Å². The lowest BCUT2D eigenvalue weighted by Crippen LogP contribution is -2.06. The van der Waals surface area contributed by atoms with Gasteiger partial charge in [-0.2, -0.15) is 8.78 Å². The minimum absolute atomic E-state index is 0.0454. The molecule has 0 unspecified atom stereocenters. The molecule has 0 N–H and O–H groups in total. The van der Waals surface area contributed by atoms with Crippen LogP contribution in [0.2, 0.25) is 0 Å². The number of carbonyl (C=O) groups is 1. The Kier molecular flexibility index (Phi) is 4.98. The van der Waals surface area contributed by atoms with E-state index in [1.807, 2.05) is 30.3 Å². The molecular weight excluding hydrogens is 334 g/mol. The summed E-state index contributed by atoms with van der Waals surface area (Å²) < 4.78 is 38.8. The molecule has 25 heavy (non-hydrogen) atoms. The van der Waals surface area contributed by atoms with Gasteiger partial charge in [0.05, 0.1) is 5.56 Å². The van der Waals surface area contributed by atoms with Crippen molar-refractivity contribution in [3.63, 3.8) is 0 Å². The fourth-order valence-corrected chi connectivity index (χ4v) is 1.99. The number of carbonyl (C=O) groups excluding carboxylic acids is 1. The molecule has 0 fully saturated rings. The molecule has 0 aliphatic rings. The third kappa shape index (κ3) is 4.37. The molecule has 3 rings (SSSR count). The van der Waals surface area contributed by atoms with E-state index in [0.717, 1.165) is 5.56 Å². The maximum absolute atomic E-state index is 12.1. The number of hydrogen-bond donors (Lipinski definition) is 0. The van der Waals surface area contributed by atoms with Crippen LogP contribution in [0, 0.1) is 0 Å². The molecule has 0 amide bonds. The summed E-state index contributed by atoms with van der Waals surface area (Å²) >= 11 is 0. The van der Waals surface area contributed by atoms with Gasteiger partial charge in [-0.05, 0) is 36.4 Å². The van der Waals surface area contributed by atoms with E-state index in [0.29, 0.717) is 5.89 Å². The van der Waals surface area contributed by atoms with Gasteiger partial charge in [-0.3, -0.25) is 0 Å². The molecule has 3 aromatic rings. The Hall–Kier alpha value is -3.29. The van der Waals surface area contributed by atoms with E-state index in [2.05, 4.69) is 14.9 Å². The molecule has 1 heterocycles. The third-order valence-corrected chi connectivity index (χ3v) is 3.13. The van der Waals surface area contributed by atoms with Gasteiger partial charge in [-0.15, -0.1) is 10.2 Å². The van der Waals surface area contributed by atoms with Crippen LogP contribution in [-0.2, 0) is 11.3 Å². The number of halogens is 2. The molecule has 1 aromatic heterocycles. The van der Waals surface area contributed by atoms with Gasteiger partial charge in [0.2, 0.25) is 5.89 Å². The molecule has 0 aliphatic heterocycles. The highest BCUT2D eigenvalue weighted by Gasteiger charge is 2.13. The third-order valence-electron chi connectivity index (χ3n) is 3.13. The zero-order chi connectivity index (χ0) is 17.6. The number of alkyl halides is 2. The second-order valence-electron chi connectivity index (χ2n) is 4.85. The van der Waals surface area contributed by atoms with Crippen LogP contribution in [0.15, 0.2) is 59.0 Å². The first-order valence-corrected chi connectivity index (χ1v) is 7.21. The Bertz CT molecular complexity index is 835. The smallest absolute Gasteiger partial charge is 0.387 e. The van der Waals surface area contributed by atoms with Crippen LogP contribution in [0.5, 0.6) is 5.75 Å². The predicted octanol–water partition coefficient (Wildman–Crippen LogP) is 3.70. The Balaban J connectivity index is 1.58. The van der Waals surface area contributed by atoms with E-state index in [1.165, 1.54) is 24.3 Å². The van der Waals surface area contributed by atoms with Crippen LogP contribution in [0.1, 0.15) is 16.2 Å². The van der Waals surface area contributed by atoms with E-state index < -0.39 is 12.6 Å². The second kappa shape index (κ2) is 7.52. The van der Waals surface area contributed by atoms with Gasteiger partial charge in [0.15, 0.2) is 6.61 Å². The van der Waals surface area contributed by atoms with Crippen molar-refractivity contribution in [2.75, 3.05) is 0 Å². The SMILES string of the molecule is O=C(OCc1nnc(-c2ccccc2)o1)c1ccc(OC(F)F)cc1. The van der Waals surface area contributed by atoms with Crippen LogP contribution >= 0.6 is 0 Å². The van der Waals surface area contributed by atoms with Gasteiger partial charge >= 0.3 is 12.6 Å². The number of esters is 1. The van der Waals surface area contributed by atoms with Gasteiger partial charge in [-0.1, -0.05) is 18.2 Å². The zero-order valence-electron chi connectivity index (χ0n) is 12.8. The quantitative estimate of drug-likeness (QED) is 0.634. The van der Waals surface area contributed by atoms with Gasteiger partial charge in [0, 0.05) is 5.56 Å². The van der Waals surface area contributed by atoms with Crippen molar-refractivity contribution in [1.29, 1.82) is 0 Å². The number of nitrogens with zero attached hydrogens (tertiary/aromatic N) is 2. The van der Waals surface area contributed by atoms with Crippen LogP contribution in [0.3, 0.4) is 0 Å². The highest BCUT2D eigenvalue weighted by molar-refractivity contribution is 5.89. The Labute approximate surface area is 141 Å². The Morgan fingerprint density at radius 3 is 2.44 bits per heavy atom. The monoisotopic (exact) mass is 346 g/mol. The average molecular weight is 346 g/mol. The van der Waals surface area contributed by atoms with Crippen molar-refractivity contribution in [1.82, 2.24) is 10.2 Å². The fourth-order valence-electron chi connectivity index (χ4n) is 1.99. The first-order valence-electron chi connectivity index (χ1n) is 7.21. The first kappa shape index (κ1) is 16.6. The van der Waals surface area contributed by atoms with Gasteiger partial charge in [-0.25, -0.2) is 4.79 Å². The van der Waals surface area contributed by atoms with Gasteiger partial charge in [0.25, 0.3) is 5.89 Å². The lowest BCUT2D eigenvalue weighted by molar-refractivity contribution is -0.0498. The minimum Gasteiger partial charge on any atom is -0.452 e.